The zero-order valence-corrected chi connectivity index (χ0v) is 16.9. The Balaban J connectivity index is 1.81. The molecule has 2 heterocycles. The molecule has 0 saturated carbocycles. The highest BCUT2D eigenvalue weighted by molar-refractivity contribution is 6.35. The first-order chi connectivity index (χ1) is 12.9. The zero-order chi connectivity index (χ0) is 19.6. The summed E-state index contributed by atoms with van der Waals surface area (Å²) >= 11 is 12.3. The average molecular weight is 403 g/mol. The molecule has 2 aromatic heterocycles. The largest absolute Gasteiger partial charge is 0.340 e. The van der Waals surface area contributed by atoms with Crippen molar-refractivity contribution in [2.45, 2.75) is 26.8 Å². The van der Waals surface area contributed by atoms with Gasteiger partial charge in [-0.2, -0.15) is 5.10 Å². The fraction of sp³-hybridized carbons (Fsp3) is 0.250. The predicted molar refractivity (Wildman–Crippen MR) is 107 cm³/mol. The van der Waals surface area contributed by atoms with Crippen LogP contribution in [0.2, 0.25) is 10.0 Å². The Morgan fingerprint density at radius 2 is 1.96 bits per heavy atom. The molecule has 0 radical (unpaired) electrons. The van der Waals surface area contributed by atoms with Crippen LogP contribution >= 0.6 is 23.2 Å². The fourth-order valence-corrected chi connectivity index (χ4v) is 3.42. The lowest BCUT2D eigenvalue weighted by atomic mass is 10.1. The van der Waals surface area contributed by atoms with E-state index in [2.05, 4.69) is 10.1 Å². The van der Waals surface area contributed by atoms with Crippen molar-refractivity contribution < 1.29 is 4.79 Å². The van der Waals surface area contributed by atoms with E-state index in [1.54, 1.807) is 35.0 Å². The van der Waals surface area contributed by atoms with Gasteiger partial charge in [-0.3, -0.25) is 9.78 Å². The van der Waals surface area contributed by atoms with Crippen molar-refractivity contribution in [3.8, 4) is 5.69 Å². The van der Waals surface area contributed by atoms with E-state index in [-0.39, 0.29) is 12.3 Å². The van der Waals surface area contributed by atoms with Gasteiger partial charge in [-0.05, 0) is 44.2 Å². The minimum Gasteiger partial charge on any atom is -0.340 e. The SMILES string of the molecule is Cc1nn(-c2ccc(Cl)cc2Cl)c(C)c1CC(=O)N(C)Cc1ccccn1. The van der Waals surface area contributed by atoms with Gasteiger partial charge in [0.15, 0.2) is 0 Å². The van der Waals surface area contributed by atoms with Crippen LogP contribution in [0.25, 0.3) is 5.69 Å². The molecule has 0 bridgehead atoms. The van der Waals surface area contributed by atoms with Crippen molar-refractivity contribution >= 4 is 29.1 Å². The van der Waals surface area contributed by atoms with Gasteiger partial charge in [0.25, 0.3) is 0 Å². The normalized spacial score (nSPS) is 10.9. The van der Waals surface area contributed by atoms with Crippen LogP contribution in [0.4, 0.5) is 0 Å². The first kappa shape index (κ1) is 19.4. The number of carbonyl (C=O) groups is 1. The topological polar surface area (TPSA) is 51.0 Å². The number of carbonyl (C=O) groups excluding carboxylic acids is 1. The number of halogens is 2. The third kappa shape index (κ3) is 4.31. The molecule has 0 saturated heterocycles. The van der Waals surface area contributed by atoms with Crippen molar-refractivity contribution in [2.24, 2.45) is 0 Å². The summed E-state index contributed by atoms with van der Waals surface area (Å²) in [5.41, 5.74) is 4.18. The van der Waals surface area contributed by atoms with E-state index in [0.29, 0.717) is 16.6 Å². The Hall–Kier alpha value is -2.37. The summed E-state index contributed by atoms with van der Waals surface area (Å²) in [4.78, 5) is 18.6. The highest BCUT2D eigenvalue weighted by atomic mass is 35.5. The smallest absolute Gasteiger partial charge is 0.227 e. The highest BCUT2D eigenvalue weighted by Gasteiger charge is 2.19. The number of hydrogen-bond donors (Lipinski definition) is 0. The Morgan fingerprint density at radius 1 is 1.19 bits per heavy atom. The Bertz CT molecular complexity index is 970. The minimum atomic E-state index is 0.00797. The standard InChI is InChI=1S/C20H20Cl2N4O/c1-13-17(11-20(27)25(3)12-16-6-4-5-9-23-16)14(2)26(24-13)19-8-7-15(21)10-18(19)22/h4-10H,11-12H2,1-3H3. The summed E-state index contributed by atoms with van der Waals surface area (Å²) in [5, 5.41) is 5.65. The second-order valence-corrected chi connectivity index (χ2v) is 7.25. The number of aromatic nitrogens is 3. The van der Waals surface area contributed by atoms with Gasteiger partial charge in [0.1, 0.15) is 0 Å². The van der Waals surface area contributed by atoms with E-state index in [1.165, 1.54) is 0 Å². The van der Waals surface area contributed by atoms with E-state index >= 15 is 0 Å². The molecule has 140 valence electrons. The second-order valence-electron chi connectivity index (χ2n) is 6.40. The molecule has 0 spiro atoms. The number of rotatable bonds is 5. The van der Waals surface area contributed by atoms with Crippen molar-refractivity contribution in [1.29, 1.82) is 0 Å². The molecule has 5 nitrogen and oxygen atoms in total. The van der Waals surface area contributed by atoms with Gasteiger partial charge in [-0.1, -0.05) is 29.3 Å². The molecule has 0 aliphatic heterocycles. The number of likely N-dealkylation sites (N-methyl/N-ethyl adjacent to an activating group) is 1. The van der Waals surface area contributed by atoms with Crippen LogP contribution in [-0.2, 0) is 17.8 Å². The Labute approximate surface area is 168 Å². The molecule has 0 N–H and O–H groups in total. The van der Waals surface area contributed by atoms with Gasteiger partial charge in [0.05, 0.1) is 35.1 Å². The molecule has 0 aliphatic rings. The number of aryl methyl sites for hydroxylation is 1. The summed E-state index contributed by atoms with van der Waals surface area (Å²) in [6.07, 6.45) is 1.99. The monoisotopic (exact) mass is 402 g/mol. The van der Waals surface area contributed by atoms with E-state index in [4.69, 9.17) is 23.2 Å². The van der Waals surface area contributed by atoms with Crippen LogP contribution in [0, 0.1) is 13.8 Å². The van der Waals surface area contributed by atoms with Crippen LogP contribution in [0.5, 0.6) is 0 Å². The first-order valence-electron chi connectivity index (χ1n) is 8.51. The average Bonchev–Trinajstić information content (AvgIpc) is 2.90. The van der Waals surface area contributed by atoms with Crippen molar-refractivity contribution in [3.05, 3.63) is 75.3 Å². The van der Waals surface area contributed by atoms with Crippen LogP contribution in [-0.4, -0.2) is 32.6 Å². The third-order valence-corrected chi connectivity index (χ3v) is 5.00. The molecule has 0 fully saturated rings. The van der Waals surface area contributed by atoms with E-state index in [9.17, 15) is 4.79 Å². The predicted octanol–water partition coefficient (Wildman–Crippen LogP) is 4.39. The number of pyridine rings is 1. The lowest BCUT2D eigenvalue weighted by molar-refractivity contribution is -0.129. The number of hydrogen-bond acceptors (Lipinski definition) is 3. The molecule has 3 rings (SSSR count). The molecular weight excluding hydrogens is 383 g/mol. The lowest BCUT2D eigenvalue weighted by Crippen LogP contribution is -2.28. The summed E-state index contributed by atoms with van der Waals surface area (Å²) < 4.78 is 1.76. The molecule has 27 heavy (non-hydrogen) atoms. The van der Waals surface area contributed by atoms with Gasteiger partial charge >= 0.3 is 0 Å². The lowest BCUT2D eigenvalue weighted by Gasteiger charge is -2.17. The maximum atomic E-state index is 12.7. The molecule has 3 aromatic rings. The molecule has 0 unspecified atom stereocenters. The number of benzene rings is 1. The Kier molecular flexibility index (Phi) is 5.82. The first-order valence-corrected chi connectivity index (χ1v) is 9.27. The minimum absolute atomic E-state index is 0.00797. The molecule has 1 amide bonds. The van der Waals surface area contributed by atoms with Gasteiger partial charge in [-0.15, -0.1) is 0 Å². The van der Waals surface area contributed by atoms with Crippen molar-refractivity contribution in [3.63, 3.8) is 0 Å². The maximum absolute atomic E-state index is 12.7. The van der Waals surface area contributed by atoms with Crippen LogP contribution < -0.4 is 0 Å². The van der Waals surface area contributed by atoms with Crippen molar-refractivity contribution in [2.75, 3.05) is 7.05 Å². The zero-order valence-electron chi connectivity index (χ0n) is 15.4. The van der Waals surface area contributed by atoms with Gasteiger partial charge in [0.2, 0.25) is 5.91 Å². The molecule has 1 aromatic carbocycles. The molecule has 7 heteroatoms. The summed E-state index contributed by atoms with van der Waals surface area (Å²) in [6, 6.07) is 10.9. The summed E-state index contributed by atoms with van der Waals surface area (Å²) in [6.45, 7) is 4.30. The van der Waals surface area contributed by atoms with Crippen LogP contribution in [0.3, 0.4) is 0 Å². The fourth-order valence-electron chi connectivity index (χ4n) is 2.93. The number of amides is 1. The quantitative estimate of drug-likeness (QED) is 0.635. The Morgan fingerprint density at radius 3 is 2.63 bits per heavy atom. The summed E-state index contributed by atoms with van der Waals surface area (Å²) in [7, 11) is 1.78. The van der Waals surface area contributed by atoms with Gasteiger partial charge < -0.3 is 4.90 Å². The van der Waals surface area contributed by atoms with Gasteiger partial charge in [0, 0.05) is 29.5 Å². The highest BCUT2D eigenvalue weighted by Crippen LogP contribution is 2.27. The molecular formula is C20H20Cl2N4O. The van der Waals surface area contributed by atoms with E-state index in [0.717, 1.165) is 28.3 Å². The third-order valence-electron chi connectivity index (χ3n) is 4.46. The van der Waals surface area contributed by atoms with E-state index in [1.807, 2.05) is 38.1 Å². The molecule has 0 atom stereocenters. The second kappa shape index (κ2) is 8.11. The summed E-state index contributed by atoms with van der Waals surface area (Å²) in [5.74, 6) is 0.00797. The molecule has 0 aliphatic carbocycles. The maximum Gasteiger partial charge on any atom is 0.227 e. The van der Waals surface area contributed by atoms with Gasteiger partial charge in [-0.25, -0.2) is 4.68 Å². The van der Waals surface area contributed by atoms with Crippen LogP contribution in [0.15, 0.2) is 42.6 Å². The van der Waals surface area contributed by atoms with Crippen LogP contribution in [0.1, 0.15) is 22.6 Å². The number of nitrogens with zero attached hydrogens (tertiary/aromatic N) is 4. The van der Waals surface area contributed by atoms with E-state index < -0.39 is 0 Å². The van der Waals surface area contributed by atoms with Crippen molar-refractivity contribution in [1.82, 2.24) is 19.7 Å².